The SMILES string of the molecule is CCN1CCCC1CNC(=O)CCc1nnc2n(Cc3ccc(F)cc3)c(=O)c3ccccc3n12. The maximum atomic E-state index is 13.4. The first-order chi connectivity index (χ1) is 17.0. The van der Waals surface area contributed by atoms with E-state index in [2.05, 4.69) is 27.3 Å². The maximum absolute atomic E-state index is 13.4. The van der Waals surface area contributed by atoms with Crippen molar-refractivity contribution in [3.8, 4) is 0 Å². The lowest BCUT2D eigenvalue weighted by Gasteiger charge is -2.22. The Morgan fingerprint density at radius 1 is 1.14 bits per heavy atom. The molecule has 2 aromatic heterocycles. The molecule has 0 saturated carbocycles. The van der Waals surface area contributed by atoms with Crippen LogP contribution in [-0.2, 0) is 17.8 Å². The van der Waals surface area contributed by atoms with E-state index in [4.69, 9.17) is 0 Å². The molecule has 1 aliphatic heterocycles. The van der Waals surface area contributed by atoms with Gasteiger partial charge in [0.05, 0.1) is 17.4 Å². The first-order valence-corrected chi connectivity index (χ1v) is 12.2. The minimum absolute atomic E-state index is 0.0198. The predicted octanol–water partition coefficient (Wildman–Crippen LogP) is 2.76. The summed E-state index contributed by atoms with van der Waals surface area (Å²) in [5.74, 6) is 0.671. The van der Waals surface area contributed by atoms with Gasteiger partial charge >= 0.3 is 0 Å². The number of hydrogen-bond acceptors (Lipinski definition) is 5. The largest absolute Gasteiger partial charge is 0.355 e. The van der Waals surface area contributed by atoms with Gasteiger partial charge in [0.2, 0.25) is 11.7 Å². The number of likely N-dealkylation sites (N-methyl/N-ethyl adjacent to an activating group) is 1. The molecule has 8 nitrogen and oxygen atoms in total. The number of para-hydroxylation sites is 1. The van der Waals surface area contributed by atoms with Crippen molar-refractivity contribution < 1.29 is 9.18 Å². The Labute approximate surface area is 202 Å². The molecular weight excluding hydrogens is 447 g/mol. The van der Waals surface area contributed by atoms with Crippen LogP contribution in [0.1, 0.15) is 37.6 Å². The Morgan fingerprint density at radius 2 is 1.94 bits per heavy atom. The van der Waals surface area contributed by atoms with Crippen LogP contribution in [0.25, 0.3) is 16.7 Å². The van der Waals surface area contributed by atoms with E-state index in [9.17, 15) is 14.0 Å². The summed E-state index contributed by atoms with van der Waals surface area (Å²) in [6.07, 6.45) is 2.96. The van der Waals surface area contributed by atoms with Crippen LogP contribution in [0.3, 0.4) is 0 Å². The van der Waals surface area contributed by atoms with Crippen LogP contribution in [0.5, 0.6) is 0 Å². The van der Waals surface area contributed by atoms with Gasteiger partial charge in [-0.2, -0.15) is 0 Å². The molecule has 1 atom stereocenters. The van der Waals surface area contributed by atoms with Gasteiger partial charge in [-0.25, -0.2) is 4.39 Å². The highest BCUT2D eigenvalue weighted by molar-refractivity contribution is 5.80. The molecule has 3 heterocycles. The zero-order chi connectivity index (χ0) is 24.4. The molecule has 1 amide bonds. The zero-order valence-electron chi connectivity index (χ0n) is 19.8. The molecule has 5 rings (SSSR count). The Balaban J connectivity index is 1.40. The van der Waals surface area contributed by atoms with Crippen molar-refractivity contribution in [2.75, 3.05) is 19.6 Å². The molecule has 9 heteroatoms. The van der Waals surface area contributed by atoms with Gasteiger partial charge in [0.25, 0.3) is 5.56 Å². The first kappa shape index (κ1) is 23.2. The first-order valence-electron chi connectivity index (χ1n) is 12.2. The van der Waals surface area contributed by atoms with E-state index in [0.717, 1.165) is 25.1 Å². The lowest BCUT2D eigenvalue weighted by atomic mass is 10.2. The number of hydrogen-bond donors (Lipinski definition) is 1. The van der Waals surface area contributed by atoms with Gasteiger partial charge in [-0.15, -0.1) is 10.2 Å². The smallest absolute Gasteiger partial charge is 0.263 e. The second kappa shape index (κ2) is 9.95. The highest BCUT2D eigenvalue weighted by Crippen LogP contribution is 2.18. The summed E-state index contributed by atoms with van der Waals surface area (Å²) >= 11 is 0. The third kappa shape index (κ3) is 4.68. The van der Waals surface area contributed by atoms with Gasteiger partial charge in [0.1, 0.15) is 11.6 Å². The molecule has 0 aliphatic carbocycles. The summed E-state index contributed by atoms with van der Waals surface area (Å²) < 4.78 is 16.8. The van der Waals surface area contributed by atoms with E-state index in [-0.39, 0.29) is 30.2 Å². The summed E-state index contributed by atoms with van der Waals surface area (Å²) in [6, 6.07) is 13.8. The highest BCUT2D eigenvalue weighted by Gasteiger charge is 2.23. The second-order valence-electron chi connectivity index (χ2n) is 9.02. The fraction of sp³-hybridized carbons (Fsp3) is 0.385. The van der Waals surface area contributed by atoms with Crippen molar-refractivity contribution in [3.05, 3.63) is 76.1 Å². The van der Waals surface area contributed by atoms with Crippen LogP contribution in [0.2, 0.25) is 0 Å². The minimum atomic E-state index is -0.330. The van der Waals surface area contributed by atoms with Crippen molar-refractivity contribution >= 4 is 22.6 Å². The average molecular weight is 477 g/mol. The molecule has 0 bridgehead atoms. The zero-order valence-corrected chi connectivity index (χ0v) is 19.8. The van der Waals surface area contributed by atoms with E-state index in [0.29, 0.717) is 41.5 Å². The Kier molecular flexibility index (Phi) is 6.59. The number of aromatic nitrogens is 4. The van der Waals surface area contributed by atoms with E-state index in [1.165, 1.54) is 18.6 Å². The second-order valence-corrected chi connectivity index (χ2v) is 9.02. The number of benzene rings is 2. The summed E-state index contributed by atoms with van der Waals surface area (Å²) in [5, 5.41) is 12.3. The highest BCUT2D eigenvalue weighted by atomic mass is 19.1. The van der Waals surface area contributed by atoms with Crippen LogP contribution in [0.4, 0.5) is 4.39 Å². The number of likely N-dealkylation sites (tertiary alicyclic amines) is 1. The fourth-order valence-corrected chi connectivity index (χ4v) is 4.98. The molecule has 4 aromatic rings. The molecule has 1 unspecified atom stereocenters. The van der Waals surface area contributed by atoms with E-state index in [1.807, 2.05) is 22.6 Å². The Bertz CT molecular complexity index is 1410. The molecule has 182 valence electrons. The van der Waals surface area contributed by atoms with Crippen LogP contribution in [0.15, 0.2) is 53.3 Å². The van der Waals surface area contributed by atoms with Gasteiger partial charge in [0.15, 0.2) is 0 Å². The molecule has 0 spiro atoms. The number of carbonyl (C=O) groups excluding carboxylic acids is 1. The van der Waals surface area contributed by atoms with Crippen LogP contribution < -0.4 is 10.9 Å². The van der Waals surface area contributed by atoms with E-state index >= 15 is 0 Å². The predicted molar refractivity (Wildman–Crippen MR) is 132 cm³/mol. The van der Waals surface area contributed by atoms with Gasteiger partial charge in [-0.3, -0.25) is 23.5 Å². The van der Waals surface area contributed by atoms with Crippen molar-refractivity contribution in [1.29, 1.82) is 0 Å². The number of halogens is 1. The molecule has 1 N–H and O–H groups in total. The Hall–Kier alpha value is -3.59. The number of nitrogens with one attached hydrogen (secondary N) is 1. The Morgan fingerprint density at radius 3 is 2.74 bits per heavy atom. The molecule has 2 aromatic carbocycles. The summed E-state index contributed by atoms with van der Waals surface area (Å²) in [4.78, 5) is 28.3. The lowest BCUT2D eigenvalue weighted by Crippen LogP contribution is -2.40. The van der Waals surface area contributed by atoms with Crippen molar-refractivity contribution in [2.24, 2.45) is 0 Å². The van der Waals surface area contributed by atoms with E-state index in [1.54, 1.807) is 22.8 Å². The van der Waals surface area contributed by atoms with E-state index < -0.39 is 0 Å². The number of carbonyl (C=O) groups is 1. The quantitative estimate of drug-likeness (QED) is 0.423. The fourth-order valence-electron chi connectivity index (χ4n) is 4.98. The molecule has 35 heavy (non-hydrogen) atoms. The summed E-state index contributed by atoms with van der Waals surface area (Å²) in [7, 11) is 0. The minimum Gasteiger partial charge on any atom is -0.355 e. The van der Waals surface area contributed by atoms with Crippen LogP contribution >= 0.6 is 0 Å². The van der Waals surface area contributed by atoms with Crippen molar-refractivity contribution in [2.45, 2.75) is 45.2 Å². The molecular formula is C26H29FN6O2. The lowest BCUT2D eigenvalue weighted by molar-refractivity contribution is -0.121. The third-order valence-corrected chi connectivity index (χ3v) is 6.84. The van der Waals surface area contributed by atoms with Gasteiger partial charge in [-0.1, -0.05) is 31.2 Å². The average Bonchev–Trinajstić information content (AvgIpc) is 3.52. The van der Waals surface area contributed by atoms with Crippen molar-refractivity contribution in [1.82, 2.24) is 29.4 Å². The molecule has 0 radical (unpaired) electrons. The molecule has 1 aliphatic rings. The third-order valence-electron chi connectivity index (χ3n) is 6.84. The normalized spacial score (nSPS) is 16.3. The number of rotatable bonds is 8. The molecule has 1 fully saturated rings. The maximum Gasteiger partial charge on any atom is 0.263 e. The van der Waals surface area contributed by atoms with Crippen molar-refractivity contribution in [3.63, 3.8) is 0 Å². The van der Waals surface area contributed by atoms with Gasteiger partial charge in [0, 0.05) is 25.4 Å². The molecule has 1 saturated heterocycles. The summed E-state index contributed by atoms with van der Waals surface area (Å²) in [6.45, 7) is 5.14. The van der Waals surface area contributed by atoms with Gasteiger partial charge < -0.3 is 5.32 Å². The monoisotopic (exact) mass is 476 g/mol. The number of fused-ring (bicyclic) bond motifs is 3. The number of nitrogens with zero attached hydrogens (tertiary/aromatic N) is 5. The number of amides is 1. The topological polar surface area (TPSA) is 84.5 Å². The van der Waals surface area contributed by atoms with Gasteiger partial charge in [-0.05, 0) is 55.8 Å². The van der Waals surface area contributed by atoms with Crippen LogP contribution in [0, 0.1) is 5.82 Å². The standard InChI is InChI=1S/C26H29FN6O2/c1-2-31-15-5-6-20(31)16-28-24(34)14-13-23-29-30-26-32(17-18-9-11-19(27)12-10-18)25(35)21-7-3-4-8-22(21)33(23)26/h3-4,7-12,20H,2,5-6,13-17H2,1H3,(H,28,34). The van der Waals surface area contributed by atoms with Crippen LogP contribution in [-0.4, -0.2) is 55.6 Å². The summed E-state index contributed by atoms with van der Waals surface area (Å²) in [5.41, 5.74) is 1.29. The number of aryl methyl sites for hydroxylation is 1.